The van der Waals surface area contributed by atoms with Crippen molar-refractivity contribution >= 4 is 0 Å². The van der Waals surface area contributed by atoms with Gasteiger partial charge in [-0.15, -0.1) is 0 Å². The van der Waals surface area contributed by atoms with Gasteiger partial charge in [-0.1, -0.05) is 0 Å². The van der Waals surface area contributed by atoms with E-state index in [0.717, 1.165) is 0 Å². The van der Waals surface area contributed by atoms with Crippen molar-refractivity contribution in [2.75, 3.05) is 13.3 Å². The second-order valence-corrected chi connectivity index (χ2v) is 2.80. The lowest BCUT2D eigenvalue weighted by Gasteiger charge is -2.04. The van der Waals surface area contributed by atoms with Crippen molar-refractivity contribution in [2.45, 2.75) is 6.42 Å². The first-order valence-corrected chi connectivity index (χ1v) is 4.10. The minimum Gasteiger partial charge on any atom is -0.454 e. The molecule has 0 saturated carbocycles. The van der Waals surface area contributed by atoms with Gasteiger partial charge in [-0.25, -0.2) is 4.39 Å². The fourth-order valence-corrected chi connectivity index (χ4v) is 1.38. The van der Waals surface area contributed by atoms with E-state index >= 15 is 0 Å². The molecule has 0 fully saturated rings. The maximum Gasteiger partial charge on any atom is 0.231 e. The standard InChI is InChI=1S/C9H10FNO2/c10-7-1-2-8-9(13-5-12-8)6(7)3-4-11/h1-2H,3-5,11H2. The Bertz CT molecular complexity index is 328. The Labute approximate surface area is 75.3 Å². The molecule has 0 unspecified atom stereocenters. The third kappa shape index (κ3) is 1.33. The number of benzene rings is 1. The Morgan fingerprint density at radius 2 is 2.23 bits per heavy atom. The molecule has 0 radical (unpaired) electrons. The molecule has 0 aromatic heterocycles. The van der Waals surface area contributed by atoms with E-state index in [1.807, 2.05) is 0 Å². The lowest BCUT2D eigenvalue weighted by atomic mass is 10.1. The van der Waals surface area contributed by atoms with Crippen LogP contribution in [0, 0.1) is 5.82 Å². The van der Waals surface area contributed by atoms with Gasteiger partial charge in [0.2, 0.25) is 6.79 Å². The molecule has 13 heavy (non-hydrogen) atoms. The van der Waals surface area contributed by atoms with Crippen LogP contribution in [-0.4, -0.2) is 13.3 Å². The van der Waals surface area contributed by atoms with Crippen LogP contribution in [0.5, 0.6) is 11.5 Å². The summed E-state index contributed by atoms with van der Waals surface area (Å²) in [5.41, 5.74) is 5.87. The number of hydrogen-bond acceptors (Lipinski definition) is 3. The van der Waals surface area contributed by atoms with Crippen LogP contribution in [0.1, 0.15) is 5.56 Å². The normalized spacial score (nSPS) is 13.4. The van der Waals surface area contributed by atoms with Crippen LogP contribution >= 0.6 is 0 Å². The summed E-state index contributed by atoms with van der Waals surface area (Å²) in [5.74, 6) is 0.824. The zero-order chi connectivity index (χ0) is 9.26. The van der Waals surface area contributed by atoms with E-state index in [2.05, 4.69) is 0 Å². The van der Waals surface area contributed by atoms with Gasteiger partial charge in [-0.2, -0.15) is 0 Å². The first-order valence-electron chi connectivity index (χ1n) is 4.10. The van der Waals surface area contributed by atoms with E-state index in [-0.39, 0.29) is 12.6 Å². The van der Waals surface area contributed by atoms with E-state index in [1.165, 1.54) is 6.07 Å². The van der Waals surface area contributed by atoms with Gasteiger partial charge in [0.25, 0.3) is 0 Å². The lowest BCUT2D eigenvalue weighted by Crippen LogP contribution is -2.05. The number of rotatable bonds is 2. The molecule has 0 amide bonds. The van der Waals surface area contributed by atoms with Crippen LogP contribution in [0.4, 0.5) is 4.39 Å². The van der Waals surface area contributed by atoms with Crippen LogP contribution in [0.2, 0.25) is 0 Å². The molecule has 0 saturated heterocycles. The predicted molar refractivity (Wildman–Crippen MR) is 45.3 cm³/mol. The highest BCUT2D eigenvalue weighted by molar-refractivity contribution is 5.48. The monoisotopic (exact) mass is 183 g/mol. The molecule has 1 heterocycles. The summed E-state index contributed by atoms with van der Waals surface area (Å²) in [7, 11) is 0. The van der Waals surface area contributed by atoms with Crippen LogP contribution in [0.25, 0.3) is 0 Å². The van der Waals surface area contributed by atoms with Crippen molar-refractivity contribution in [2.24, 2.45) is 5.73 Å². The van der Waals surface area contributed by atoms with E-state index < -0.39 is 0 Å². The Morgan fingerprint density at radius 3 is 3.00 bits per heavy atom. The molecular formula is C9H10FNO2. The van der Waals surface area contributed by atoms with E-state index in [9.17, 15) is 4.39 Å². The summed E-state index contributed by atoms with van der Waals surface area (Å²) in [4.78, 5) is 0. The van der Waals surface area contributed by atoms with Crippen LogP contribution < -0.4 is 15.2 Å². The molecular weight excluding hydrogens is 173 g/mol. The SMILES string of the molecule is NCCc1c(F)ccc2c1OCO2. The van der Waals surface area contributed by atoms with Gasteiger partial charge in [0.1, 0.15) is 5.82 Å². The van der Waals surface area contributed by atoms with Crippen LogP contribution in [0.15, 0.2) is 12.1 Å². The molecule has 3 nitrogen and oxygen atoms in total. The van der Waals surface area contributed by atoms with E-state index in [1.54, 1.807) is 6.07 Å². The smallest absolute Gasteiger partial charge is 0.231 e. The molecule has 0 aliphatic carbocycles. The molecule has 2 N–H and O–H groups in total. The predicted octanol–water partition coefficient (Wildman–Crippen LogP) is 1.06. The Kier molecular flexibility index (Phi) is 2.06. The van der Waals surface area contributed by atoms with Gasteiger partial charge in [0.15, 0.2) is 11.5 Å². The maximum absolute atomic E-state index is 13.2. The Morgan fingerprint density at radius 1 is 1.38 bits per heavy atom. The number of hydrogen-bond donors (Lipinski definition) is 1. The van der Waals surface area contributed by atoms with Crippen molar-refractivity contribution in [3.05, 3.63) is 23.5 Å². The minimum absolute atomic E-state index is 0.163. The maximum atomic E-state index is 13.2. The van der Waals surface area contributed by atoms with Gasteiger partial charge < -0.3 is 15.2 Å². The lowest BCUT2D eigenvalue weighted by molar-refractivity contribution is 0.173. The fraction of sp³-hybridized carbons (Fsp3) is 0.333. The molecule has 70 valence electrons. The van der Waals surface area contributed by atoms with Gasteiger partial charge in [-0.05, 0) is 25.1 Å². The topological polar surface area (TPSA) is 44.5 Å². The van der Waals surface area contributed by atoms with Crippen LogP contribution in [0.3, 0.4) is 0 Å². The number of ether oxygens (including phenoxy) is 2. The zero-order valence-corrected chi connectivity index (χ0v) is 7.05. The largest absolute Gasteiger partial charge is 0.454 e. The van der Waals surface area contributed by atoms with Crippen LogP contribution in [-0.2, 0) is 6.42 Å². The summed E-state index contributed by atoms with van der Waals surface area (Å²) in [6, 6.07) is 2.94. The number of halogens is 1. The van der Waals surface area contributed by atoms with Gasteiger partial charge in [0, 0.05) is 5.56 Å². The molecule has 0 spiro atoms. The summed E-state index contributed by atoms with van der Waals surface area (Å²) >= 11 is 0. The molecule has 0 atom stereocenters. The number of fused-ring (bicyclic) bond motifs is 1. The fourth-order valence-electron chi connectivity index (χ4n) is 1.38. The molecule has 1 aliphatic rings. The van der Waals surface area contributed by atoms with Gasteiger partial charge in [-0.3, -0.25) is 0 Å². The van der Waals surface area contributed by atoms with Crippen molar-refractivity contribution in [3.8, 4) is 11.5 Å². The van der Waals surface area contributed by atoms with Crippen molar-refractivity contribution in [3.63, 3.8) is 0 Å². The molecule has 2 rings (SSSR count). The average Bonchev–Trinajstić information content (AvgIpc) is 2.58. The third-order valence-electron chi connectivity index (χ3n) is 1.98. The van der Waals surface area contributed by atoms with Gasteiger partial charge >= 0.3 is 0 Å². The first kappa shape index (κ1) is 8.31. The summed E-state index contributed by atoms with van der Waals surface area (Å²) in [6.07, 6.45) is 0.471. The van der Waals surface area contributed by atoms with Crippen molar-refractivity contribution < 1.29 is 13.9 Å². The highest BCUT2D eigenvalue weighted by Gasteiger charge is 2.20. The number of nitrogens with two attached hydrogens (primary N) is 1. The quantitative estimate of drug-likeness (QED) is 0.745. The minimum atomic E-state index is -0.283. The third-order valence-corrected chi connectivity index (χ3v) is 1.98. The zero-order valence-electron chi connectivity index (χ0n) is 7.05. The summed E-state index contributed by atoms with van der Waals surface area (Å²) in [6.45, 7) is 0.563. The van der Waals surface area contributed by atoms with Crippen molar-refractivity contribution in [1.29, 1.82) is 0 Å². The van der Waals surface area contributed by atoms with Crippen molar-refractivity contribution in [1.82, 2.24) is 0 Å². The molecule has 4 heteroatoms. The summed E-state index contributed by atoms with van der Waals surface area (Å²) < 4.78 is 23.5. The van der Waals surface area contributed by atoms with E-state index in [4.69, 9.17) is 15.2 Å². The average molecular weight is 183 g/mol. The highest BCUT2D eigenvalue weighted by Crippen LogP contribution is 2.36. The molecule has 1 aromatic carbocycles. The molecule has 0 bridgehead atoms. The molecule has 1 aromatic rings. The Hall–Kier alpha value is -1.29. The first-order chi connectivity index (χ1) is 6.33. The molecule has 1 aliphatic heterocycles. The highest BCUT2D eigenvalue weighted by atomic mass is 19.1. The van der Waals surface area contributed by atoms with E-state index in [0.29, 0.717) is 30.0 Å². The second kappa shape index (κ2) is 3.22. The van der Waals surface area contributed by atoms with Gasteiger partial charge in [0.05, 0.1) is 0 Å². The summed E-state index contributed by atoms with van der Waals surface area (Å²) in [5, 5.41) is 0. The second-order valence-electron chi connectivity index (χ2n) is 2.80. The Balaban J connectivity index is 2.45.